The van der Waals surface area contributed by atoms with Gasteiger partial charge in [-0.2, -0.15) is 0 Å². The van der Waals surface area contributed by atoms with Crippen molar-refractivity contribution in [2.45, 2.75) is 20.3 Å². The fourth-order valence-electron chi connectivity index (χ4n) is 1.51. The van der Waals surface area contributed by atoms with Gasteiger partial charge in [0.05, 0.1) is 5.02 Å². The molecule has 0 fully saturated rings. The van der Waals surface area contributed by atoms with Gasteiger partial charge in [0.1, 0.15) is 5.82 Å². The van der Waals surface area contributed by atoms with Gasteiger partial charge in [0.15, 0.2) is 5.11 Å². The number of amides is 1. The molecule has 0 saturated heterocycles. The topological polar surface area (TPSA) is 53.2 Å². The highest BCUT2D eigenvalue weighted by molar-refractivity contribution is 7.80. The Balaban J connectivity index is 2.40. The van der Waals surface area contributed by atoms with Crippen LogP contribution in [0.15, 0.2) is 24.3 Å². The van der Waals surface area contributed by atoms with Gasteiger partial charge in [-0.3, -0.25) is 15.6 Å². The van der Waals surface area contributed by atoms with Crippen molar-refractivity contribution in [3.63, 3.8) is 0 Å². The summed E-state index contributed by atoms with van der Waals surface area (Å²) in [7, 11) is 0. The number of halogens is 2. The predicted molar refractivity (Wildman–Crippen MR) is 91.8 cm³/mol. The summed E-state index contributed by atoms with van der Waals surface area (Å²) >= 11 is 10.9. The summed E-state index contributed by atoms with van der Waals surface area (Å²) in [4.78, 5) is 11.6. The van der Waals surface area contributed by atoms with Gasteiger partial charge in [0.2, 0.25) is 0 Å². The molecule has 0 spiro atoms. The Morgan fingerprint density at radius 2 is 2.14 bits per heavy atom. The Bertz CT molecular complexity index is 543. The van der Waals surface area contributed by atoms with Gasteiger partial charge < -0.3 is 5.32 Å². The molecule has 3 N–H and O–H groups in total. The third-order valence-corrected chi connectivity index (χ3v) is 3.28. The third kappa shape index (κ3) is 6.87. The van der Waals surface area contributed by atoms with Crippen LogP contribution in [-0.2, 0) is 4.79 Å². The quantitative estimate of drug-likeness (QED) is 0.437. The van der Waals surface area contributed by atoms with E-state index in [1.54, 1.807) is 6.07 Å². The van der Waals surface area contributed by atoms with Crippen LogP contribution in [0.3, 0.4) is 0 Å². The van der Waals surface area contributed by atoms with E-state index < -0.39 is 11.7 Å². The molecule has 0 aliphatic rings. The molecular formula is C15H19ClFN3OS. The summed E-state index contributed by atoms with van der Waals surface area (Å²) in [6, 6.07) is 4.32. The zero-order valence-corrected chi connectivity index (χ0v) is 14.0. The number of carbonyl (C=O) groups excluding carboxylic acids is 1. The molecule has 7 heteroatoms. The molecule has 0 bridgehead atoms. The maximum Gasteiger partial charge on any atom is 0.262 e. The first-order valence-electron chi connectivity index (χ1n) is 6.86. The first-order chi connectivity index (χ1) is 10.4. The first kappa shape index (κ1) is 18.4. The predicted octanol–water partition coefficient (Wildman–Crippen LogP) is 3.03. The molecule has 0 unspecified atom stereocenters. The SMILES string of the molecule is CC(C)CCNC(=S)NNC(=O)/C=C/c1c(F)cccc1Cl. The summed E-state index contributed by atoms with van der Waals surface area (Å²) in [5, 5.41) is 3.53. The number of thiocarbonyl (C=S) groups is 1. The van der Waals surface area contributed by atoms with Gasteiger partial charge in [-0.15, -0.1) is 0 Å². The van der Waals surface area contributed by atoms with Crippen molar-refractivity contribution in [1.29, 1.82) is 0 Å². The molecule has 22 heavy (non-hydrogen) atoms. The second kappa shape index (κ2) is 9.38. The number of hydrogen-bond acceptors (Lipinski definition) is 2. The fourth-order valence-corrected chi connectivity index (χ4v) is 1.89. The lowest BCUT2D eigenvalue weighted by atomic mass is 10.1. The van der Waals surface area contributed by atoms with E-state index in [1.807, 2.05) is 0 Å². The number of rotatable bonds is 5. The van der Waals surface area contributed by atoms with Gasteiger partial charge in [-0.25, -0.2) is 4.39 Å². The molecule has 0 aliphatic heterocycles. The highest BCUT2D eigenvalue weighted by atomic mass is 35.5. The number of benzene rings is 1. The van der Waals surface area contributed by atoms with Crippen LogP contribution in [0.25, 0.3) is 6.08 Å². The summed E-state index contributed by atoms with van der Waals surface area (Å²) in [6.07, 6.45) is 3.46. The van der Waals surface area contributed by atoms with E-state index in [9.17, 15) is 9.18 Å². The van der Waals surface area contributed by atoms with Crippen molar-refractivity contribution in [2.75, 3.05) is 6.54 Å². The standard InChI is InChI=1S/C15H19ClFN3OS/c1-10(2)8-9-18-15(22)20-19-14(21)7-6-11-12(16)4-3-5-13(11)17/h3-7,10H,8-9H2,1-2H3,(H,19,21)(H2,18,20,22)/b7-6+. The van der Waals surface area contributed by atoms with Gasteiger partial charge in [0.25, 0.3) is 5.91 Å². The minimum atomic E-state index is -0.490. The van der Waals surface area contributed by atoms with Crippen molar-refractivity contribution in [1.82, 2.24) is 16.2 Å². The largest absolute Gasteiger partial charge is 0.361 e. The van der Waals surface area contributed by atoms with E-state index in [0.29, 0.717) is 11.0 Å². The molecule has 120 valence electrons. The van der Waals surface area contributed by atoms with Gasteiger partial charge in [-0.05, 0) is 42.8 Å². The Morgan fingerprint density at radius 1 is 1.41 bits per heavy atom. The maximum atomic E-state index is 13.5. The average molecular weight is 344 g/mol. The van der Waals surface area contributed by atoms with Crippen molar-refractivity contribution in [3.05, 3.63) is 40.7 Å². The van der Waals surface area contributed by atoms with Crippen molar-refractivity contribution >= 4 is 40.9 Å². The van der Waals surface area contributed by atoms with Crippen molar-refractivity contribution in [2.24, 2.45) is 5.92 Å². The normalized spacial score (nSPS) is 10.8. The fraction of sp³-hybridized carbons (Fsp3) is 0.333. The monoisotopic (exact) mass is 343 g/mol. The van der Waals surface area contributed by atoms with E-state index >= 15 is 0 Å². The highest BCUT2D eigenvalue weighted by Crippen LogP contribution is 2.20. The number of hydrogen-bond donors (Lipinski definition) is 3. The summed E-state index contributed by atoms with van der Waals surface area (Å²) in [5.41, 5.74) is 5.11. The Kier molecular flexibility index (Phi) is 7.84. The number of nitrogens with one attached hydrogen (secondary N) is 3. The summed E-state index contributed by atoms with van der Waals surface area (Å²) in [5.74, 6) is -0.388. The lowest BCUT2D eigenvalue weighted by Crippen LogP contribution is -2.46. The van der Waals surface area contributed by atoms with Crippen LogP contribution < -0.4 is 16.2 Å². The van der Waals surface area contributed by atoms with E-state index in [4.69, 9.17) is 23.8 Å². The smallest absolute Gasteiger partial charge is 0.262 e. The Morgan fingerprint density at radius 3 is 2.77 bits per heavy atom. The minimum Gasteiger partial charge on any atom is -0.361 e. The van der Waals surface area contributed by atoms with Gasteiger partial charge in [-0.1, -0.05) is 31.5 Å². The third-order valence-electron chi connectivity index (χ3n) is 2.71. The Hall–Kier alpha value is -1.66. The lowest BCUT2D eigenvalue weighted by molar-refractivity contribution is -0.116. The molecular weight excluding hydrogens is 325 g/mol. The second-order valence-electron chi connectivity index (χ2n) is 5.02. The van der Waals surface area contributed by atoms with Crippen LogP contribution in [0.2, 0.25) is 5.02 Å². The van der Waals surface area contributed by atoms with E-state index in [1.165, 1.54) is 24.3 Å². The van der Waals surface area contributed by atoms with E-state index in [-0.39, 0.29) is 10.6 Å². The van der Waals surface area contributed by atoms with Crippen LogP contribution in [0.5, 0.6) is 0 Å². The van der Waals surface area contributed by atoms with Gasteiger partial charge in [0, 0.05) is 18.2 Å². The number of hydrazine groups is 1. The van der Waals surface area contributed by atoms with E-state index in [0.717, 1.165) is 13.0 Å². The molecule has 0 atom stereocenters. The molecule has 1 aromatic rings. The molecule has 1 rings (SSSR count). The van der Waals surface area contributed by atoms with Crippen molar-refractivity contribution in [3.8, 4) is 0 Å². The summed E-state index contributed by atoms with van der Waals surface area (Å²) in [6.45, 7) is 4.94. The average Bonchev–Trinajstić information content (AvgIpc) is 2.44. The molecule has 0 heterocycles. The zero-order valence-electron chi connectivity index (χ0n) is 12.5. The van der Waals surface area contributed by atoms with Crippen LogP contribution in [-0.4, -0.2) is 17.6 Å². The molecule has 1 amide bonds. The van der Waals surface area contributed by atoms with Gasteiger partial charge >= 0.3 is 0 Å². The molecule has 1 aromatic carbocycles. The van der Waals surface area contributed by atoms with E-state index in [2.05, 4.69) is 30.0 Å². The Labute approximate surface area is 140 Å². The number of carbonyl (C=O) groups is 1. The van der Waals surface area contributed by atoms with Crippen LogP contribution in [0.1, 0.15) is 25.8 Å². The highest BCUT2D eigenvalue weighted by Gasteiger charge is 2.04. The van der Waals surface area contributed by atoms with Crippen LogP contribution >= 0.6 is 23.8 Å². The second-order valence-corrected chi connectivity index (χ2v) is 5.84. The zero-order chi connectivity index (χ0) is 16.5. The molecule has 0 aliphatic carbocycles. The molecule has 0 saturated carbocycles. The van der Waals surface area contributed by atoms with Crippen LogP contribution in [0, 0.1) is 11.7 Å². The minimum absolute atomic E-state index is 0.164. The lowest BCUT2D eigenvalue weighted by Gasteiger charge is -2.11. The molecule has 0 radical (unpaired) electrons. The molecule has 0 aromatic heterocycles. The van der Waals surface area contributed by atoms with Crippen LogP contribution in [0.4, 0.5) is 4.39 Å². The molecule has 4 nitrogen and oxygen atoms in total. The first-order valence-corrected chi connectivity index (χ1v) is 7.64. The maximum absolute atomic E-state index is 13.5. The summed E-state index contributed by atoms with van der Waals surface area (Å²) < 4.78 is 13.5. The van der Waals surface area contributed by atoms with Crippen molar-refractivity contribution < 1.29 is 9.18 Å².